The van der Waals surface area contributed by atoms with Crippen LogP contribution in [-0.2, 0) is 11.4 Å². The number of benzene rings is 2. The Kier molecular flexibility index (Phi) is 4.11. The number of rotatable bonds is 3. The van der Waals surface area contributed by atoms with Gasteiger partial charge in [0.25, 0.3) is 0 Å². The summed E-state index contributed by atoms with van der Waals surface area (Å²) < 4.78 is 0. The molecule has 0 bridgehead atoms. The van der Waals surface area contributed by atoms with Gasteiger partial charge in [-0.25, -0.2) is 0 Å². The molecule has 104 valence electrons. The molecule has 3 rings (SSSR count). The topological polar surface area (TPSA) is 15.7 Å². The second-order valence-corrected chi connectivity index (χ2v) is 5.28. The van der Waals surface area contributed by atoms with E-state index in [4.69, 9.17) is 4.84 Å². The molecule has 0 aliphatic carbocycles. The summed E-state index contributed by atoms with van der Waals surface area (Å²) in [5, 5.41) is 2.10. The molecule has 0 saturated carbocycles. The molecular formula is C17H20N2O. The van der Waals surface area contributed by atoms with Gasteiger partial charge in [-0.3, -0.25) is 9.74 Å². The molecule has 1 unspecified atom stereocenters. The minimum atomic E-state index is 0.273. The Bertz CT molecular complexity index is 529. The molecule has 0 aromatic heterocycles. The molecule has 2 aromatic rings. The Morgan fingerprint density at radius 2 is 1.65 bits per heavy atom. The Morgan fingerprint density at radius 1 is 1.00 bits per heavy atom. The highest BCUT2D eigenvalue weighted by molar-refractivity contribution is 5.20. The van der Waals surface area contributed by atoms with Crippen LogP contribution in [0.25, 0.3) is 0 Å². The predicted octanol–water partition coefficient (Wildman–Crippen LogP) is 3.06. The van der Waals surface area contributed by atoms with Crippen molar-refractivity contribution in [3.8, 4) is 0 Å². The van der Waals surface area contributed by atoms with Crippen molar-refractivity contribution >= 4 is 0 Å². The van der Waals surface area contributed by atoms with Gasteiger partial charge in [-0.15, -0.1) is 0 Å². The van der Waals surface area contributed by atoms with Gasteiger partial charge >= 0.3 is 0 Å². The van der Waals surface area contributed by atoms with Gasteiger partial charge in [0.05, 0.1) is 6.04 Å². The second-order valence-electron chi connectivity index (χ2n) is 5.28. The second kappa shape index (κ2) is 6.18. The highest BCUT2D eigenvalue weighted by Crippen LogP contribution is 2.27. The number of nitrogens with zero attached hydrogens (tertiary/aromatic N) is 2. The van der Waals surface area contributed by atoms with E-state index < -0.39 is 0 Å². The van der Waals surface area contributed by atoms with Crippen molar-refractivity contribution < 1.29 is 4.84 Å². The quantitative estimate of drug-likeness (QED) is 0.851. The van der Waals surface area contributed by atoms with Gasteiger partial charge in [-0.05, 0) is 18.2 Å². The molecular weight excluding hydrogens is 248 g/mol. The van der Waals surface area contributed by atoms with E-state index in [0.717, 1.165) is 13.1 Å². The first kappa shape index (κ1) is 13.3. The molecule has 1 aliphatic rings. The fourth-order valence-corrected chi connectivity index (χ4v) is 2.57. The van der Waals surface area contributed by atoms with E-state index in [2.05, 4.69) is 71.6 Å². The van der Waals surface area contributed by atoms with Gasteiger partial charge in [0.1, 0.15) is 6.73 Å². The molecule has 20 heavy (non-hydrogen) atoms. The molecule has 1 fully saturated rings. The minimum Gasteiger partial charge on any atom is -0.282 e. The lowest BCUT2D eigenvalue weighted by molar-refractivity contribution is -0.256. The number of hydrogen-bond acceptors (Lipinski definition) is 3. The molecule has 1 saturated heterocycles. The van der Waals surface area contributed by atoms with E-state index >= 15 is 0 Å². The Balaban J connectivity index is 1.80. The van der Waals surface area contributed by atoms with Gasteiger partial charge < -0.3 is 0 Å². The summed E-state index contributed by atoms with van der Waals surface area (Å²) in [4.78, 5) is 8.13. The van der Waals surface area contributed by atoms with Gasteiger partial charge in [-0.2, -0.15) is 5.06 Å². The molecule has 0 N–H and O–H groups in total. The first-order valence-electron chi connectivity index (χ1n) is 7.00. The third-order valence-corrected chi connectivity index (χ3v) is 3.64. The smallest absolute Gasteiger partial charge is 0.121 e. The first-order valence-corrected chi connectivity index (χ1v) is 7.00. The van der Waals surface area contributed by atoms with E-state index in [0.29, 0.717) is 6.73 Å². The fourth-order valence-electron chi connectivity index (χ4n) is 2.57. The maximum atomic E-state index is 5.92. The van der Waals surface area contributed by atoms with Crippen LogP contribution in [0.1, 0.15) is 17.2 Å². The van der Waals surface area contributed by atoms with Crippen molar-refractivity contribution in [3.63, 3.8) is 0 Å². The lowest BCUT2D eigenvalue weighted by Crippen LogP contribution is -2.44. The Morgan fingerprint density at radius 3 is 2.35 bits per heavy atom. The Labute approximate surface area is 120 Å². The summed E-state index contributed by atoms with van der Waals surface area (Å²) >= 11 is 0. The van der Waals surface area contributed by atoms with Crippen molar-refractivity contribution in [3.05, 3.63) is 71.8 Å². The summed E-state index contributed by atoms with van der Waals surface area (Å²) in [6.45, 7) is 2.45. The molecule has 2 aromatic carbocycles. The summed E-state index contributed by atoms with van der Waals surface area (Å²) in [5.41, 5.74) is 2.58. The number of hydrogen-bond donors (Lipinski definition) is 0. The molecule has 3 nitrogen and oxygen atoms in total. The molecule has 0 spiro atoms. The maximum absolute atomic E-state index is 5.92. The molecule has 0 amide bonds. The van der Waals surface area contributed by atoms with Crippen LogP contribution in [0, 0.1) is 0 Å². The summed E-state index contributed by atoms with van der Waals surface area (Å²) in [5.74, 6) is 0. The molecule has 1 atom stereocenters. The third-order valence-electron chi connectivity index (χ3n) is 3.64. The summed E-state index contributed by atoms with van der Waals surface area (Å²) in [7, 11) is 2.09. The SMILES string of the molecule is CN1CON(Cc2ccccc2)C(c2ccccc2)C1. The first-order chi connectivity index (χ1) is 9.83. The lowest BCUT2D eigenvalue weighted by atomic mass is 10.1. The number of likely N-dealkylation sites (N-methyl/N-ethyl adjacent to an activating group) is 1. The van der Waals surface area contributed by atoms with Crippen molar-refractivity contribution in [1.82, 2.24) is 9.96 Å². The Hall–Kier alpha value is -1.68. The zero-order valence-electron chi connectivity index (χ0n) is 11.8. The predicted molar refractivity (Wildman–Crippen MR) is 79.8 cm³/mol. The van der Waals surface area contributed by atoms with E-state index in [1.807, 2.05) is 6.07 Å². The van der Waals surface area contributed by atoms with E-state index in [-0.39, 0.29) is 6.04 Å². The monoisotopic (exact) mass is 268 g/mol. The highest BCUT2D eigenvalue weighted by atomic mass is 16.7. The van der Waals surface area contributed by atoms with Crippen LogP contribution < -0.4 is 0 Å². The van der Waals surface area contributed by atoms with Crippen LogP contribution in [0.2, 0.25) is 0 Å². The van der Waals surface area contributed by atoms with Gasteiger partial charge in [0.2, 0.25) is 0 Å². The van der Waals surface area contributed by atoms with Crippen LogP contribution in [0.5, 0.6) is 0 Å². The van der Waals surface area contributed by atoms with E-state index in [9.17, 15) is 0 Å². The van der Waals surface area contributed by atoms with Crippen molar-refractivity contribution in [2.45, 2.75) is 12.6 Å². The maximum Gasteiger partial charge on any atom is 0.121 e. The van der Waals surface area contributed by atoms with Crippen molar-refractivity contribution in [1.29, 1.82) is 0 Å². The molecule has 1 heterocycles. The van der Waals surface area contributed by atoms with Gasteiger partial charge in [0.15, 0.2) is 0 Å². The van der Waals surface area contributed by atoms with Gasteiger partial charge in [0, 0.05) is 13.1 Å². The van der Waals surface area contributed by atoms with Crippen LogP contribution >= 0.6 is 0 Å². The third kappa shape index (κ3) is 3.07. The lowest BCUT2D eigenvalue weighted by Gasteiger charge is -2.39. The summed E-state index contributed by atoms with van der Waals surface area (Å²) in [6, 6.07) is 21.3. The van der Waals surface area contributed by atoms with Gasteiger partial charge in [-0.1, -0.05) is 60.7 Å². The number of hydroxylamine groups is 2. The molecule has 1 aliphatic heterocycles. The fraction of sp³-hybridized carbons (Fsp3) is 0.294. The highest BCUT2D eigenvalue weighted by Gasteiger charge is 2.27. The molecule has 3 heteroatoms. The average Bonchev–Trinajstić information content (AvgIpc) is 2.51. The van der Waals surface area contributed by atoms with Crippen LogP contribution in [-0.4, -0.2) is 30.3 Å². The normalized spacial score (nSPS) is 20.9. The largest absolute Gasteiger partial charge is 0.282 e. The van der Waals surface area contributed by atoms with Crippen LogP contribution in [0.3, 0.4) is 0 Å². The zero-order valence-corrected chi connectivity index (χ0v) is 11.8. The van der Waals surface area contributed by atoms with Crippen LogP contribution in [0.15, 0.2) is 60.7 Å². The van der Waals surface area contributed by atoms with Crippen molar-refractivity contribution in [2.75, 3.05) is 20.3 Å². The van der Waals surface area contributed by atoms with Crippen molar-refractivity contribution in [2.24, 2.45) is 0 Å². The zero-order chi connectivity index (χ0) is 13.8. The van der Waals surface area contributed by atoms with E-state index in [1.54, 1.807) is 0 Å². The minimum absolute atomic E-state index is 0.273. The summed E-state index contributed by atoms with van der Waals surface area (Å²) in [6.07, 6.45) is 0. The van der Waals surface area contributed by atoms with Crippen LogP contribution in [0.4, 0.5) is 0 Å². The average molecular weight is 268 g/mol. The van der Waals surface area contributed by atoms with E-state index in [1.165, 1.54) is 11.1 Å². The standard InChI is InChI=1S/C17H20N2O/c1-18-13-17(16-10-6-3-7-11-16)19(20-14-18)12-15-8-4-2-5-9-15/h2-11,17H,12-14H2,1H3. The molecule has 0 radical (unpaired) electrons.